The first-order chi connectivity index (χ1) is 22.0. The summed E-state index contributed by atoms with van der Waals surface area (Å²) in [6.07, 6.45) is 4.08. The van der Waals surface area contributed by atoms with Crippen LogP contribution in [0.5, 0.6) is 11.5 Å². The molecule has 5 nitrogen and oxygen atoms in total. The maximum absolute atomic E-state index is 6.56. The average molecular weight is 586 g/mol. The minimum absolute atomic E-state index is 0.348. The molecule has 0 saturated heterocycles. The molecule has 0 amide bonds. The van der Waals surface area contributed by atoms with Crippen molar-refractivity contribution in [2.45, 2.75) is 26.8 Å². The monoisotopic (exact) mass is 585 g/mol. The first-order valence-electron chi connectivity index (χ1n) is 15.4. The number of para-hydroxylation sites is 3. The van der Waals surface area contributed by atoms with Crippen LogP contribution >= 0.6 is 0 Å². The van der Waals surface area contributed by atoms with Gasteiger partial charge in [0.05, 0.1) is 17.1 Å². The van der Waals surface area contributed by atoms with Gasteiger partial charge in [-0.2, -0.15) is 4.57 Å². The molecule has 5 heteroatoms. The van der Waals surface area contributed by atoms with E-state index in [9.17, 15) is 0 Å². The highest BCUT2D eigenvalue weighted by atomic mass is 16.5. The standard InChI is InChI=1S/C40H33N4O/c1-27(2)42-26-43(38-18-9-8-17-37(38)42)30-12-10-13-31(24-30)45-32-19-20-35-34-15-6-7-16-36(34)44(39(35)25-32)40-23-29(21-22-41-40)33-14-5-4-11-28(33)3/h4-27H,1-3H3/q+1. The van der Waals surface area contributed by atoms with E-state index in [0.29, 0.717) is 6.04 Å². The number of pyridine rings is 1. The molecule has 3 aromatic heterocycles. The zero-order valence-corrected chi connectivity index (χ0v) is 25.6. The van der Waals surface area contributed by atoms with Crippen LogP contribution < -0.4 is 4.74 Å². The smallest absolute Gasteiger partial charge is 0.191 e. The van der Waals surface area contributed by atoms with Crippen LogP contribution in [-0.4, -0.2) is 18.7 Å². The summed E-state index contributed by atoms with van der Waals surface area (Å²) in [5.41, 5.74) is 9.17. The van der Waals surface area contributed by atoms with Gasteiger partial charge in [-0.15, -0.1) is 0 Å². The molecule has 218 valence electrons. The molecule has 0 unspecified atom stereocenters. The summed E-state index contributed by atoms with van der Waals surface area (Å²) < 4.78 is 13.3. The lowest BCUT2D eigenvalue weighted by Gasteiger charge is -2.11. The van der Waals surface area contributed by atoms with Gasteiger partial charge in [0, 0.05) is 47.3 Å². The van der Waals surface area contributed by atoms with Gasteiger partial charge < -0.3 is 4.74 Å². The number of hydrogen-bond donors (Lipinski definition) is 0. The van der Waals surface area contributed by atoms with E-state index in [1.807, 2.05) is 12.3 Å². The van der Waals surface area contributed by atoms with E-state index in [0.717, 1.165) is 50.5 Å². The Balaban J connectivity index is 1.22. The largest absolute Gasteiger partial charge is 0.456 e. The van der Waals surface area contributed by atoms with Crippen molar-refractivity contribution < 1.29 is 4.74 Å². The number of rotatable bonds is 6. The van der Waals surface area contributed by atoms with Gasteiger partial charge >= 0.3 is 0 Å². The number of hydrogen-bond acceptors (Lipinski definition) is 2. The first-order valence-corrected chi connectivity index (χ1v) is 15.4. The van der Waals surface area contributed by atoms with Gasteiger partial charge in [0.15, 0.2) is 17.4 Å². The van der Waals surface area contributed by atoms with Gasteiger partial charge in [-0.05, 0) is 92.1 Å². The van der Waals surface area contributed by atoms with E-state index in [4.69, 9.17) is 9.72 Å². The lowest BCUT2D eigenvalue weighted by atomic mass is 10.0. The van der Waals surface area contributed by atoms with Crippen molar-refractivity contribution in [2.75, 3.05) is 0 Å². The SMILES string of the molecule is Cc1ccccc1-c1ccnc(-n2c3ccccc3c3ccc(Oc4cccc(-n5[cH+]n(C(C)C)c6ccccc65)c4)cc32)c1. The summed E-state index contributed by atoms with van der Waals surface area (Å²) in [4.78, 5) is 4.85. The number of fused-ring (bicyclic) bond motifs is 4. The molecule has 8 aromatic rings. The van der Waals surface area contributed by atoms with Crippen molar-refractivity contribution in [2.24, 2.45) is 0 Å². The predicted molar refractivity (Wildman–Crippen MR) is 185 cm³/mol. The van der Waals surface area contributed by atoms with Gasteiger partial charge in [-0.25, -0.2) is 9.55 Å². The van der Waals surface area contributed by atoms with Crippen LogP contribution in [0.1, 0.15) is 25.5 Å². The zero-order chi connectivity index (χ0) is 30.5. The van der Waals surface area contributed by atoms with Crippen molar-refractivity contribution in [3.05, 3.63) is 145 Å². The average Bonchev–Trinajstić information content (AvgIpc) is 3.62. The van der Waals surface area contributed by atoms with Crippen molar-refractivity contribution in [3.63, 3.8) is 0 Å². The highest BCUT2D eigenvalue weighted by molar-refractivity contribution is 6.09. The van der Waals surface area contributed by atoms with Gasteiger partial charge in [0.1, 0.15) is 23.0 Å². The Morgan fingerprint density at radius 2 is 1.38 bits per heavy atom. The predicted octanol–water partition coefficient (Wildman–Crippen LogP) is 10.6. The zero-order valence-electron chi connectivity index (χ0n) is 25.6. The van der Waals surface area contributed by atoms with E-state index in [1.54, 1.807) is 0 Å². The lowest BCUT2D eigenvalue weighted by molar-refractivity contribution is 0.483. The summed E-state index contributed by atoms with van der Waals surface area (Å²) in [6.45, 7) is 6.57. The quantitative estimate of drug-likeness (QED) is 0.182. The molecule has 0 N–H and O–H groups in total. The number of aryl methyl sites for hydroxylation is 1. The summed E-state index contributed by atoms with van der Waals surface area (Å²) >= 11 is 0. The Labute approximate surface area is 262 Å². The molecule has 5 aromatic carbocycles. The van der Waals surface area contributed by atoms with Gasteiger partial charge in [0.2, 0.25) is 0 Å². The Hall–Kier alpha value is -5.68. The lowest BCUT2D eigenvalue weighted by Crippen LogP contribution is -1.99. The molecule has 0 spiro atoms. The topological polar surface area (TPSA) is 36.9 Å². The molecular formula is C40H33N4O+. The van der Waals surface area contributed by atoms with E-state index in [-0.39, 0.29) is 0 Å². The molecule has 0 fully saturated rings. The summed E-state index contributed by atoms with van der Waals surface area (Å²) in [7, 11) is 0. The minimum atomic E-state index is 0.348. The highest BCUT2D eigenvalue weighted by Gasteiger charge is 2.19. The molecule has 0 atom stereocenters. The molecule has 0 saturated carbocycles. The molecule has 0 bridgehead atoms. The summed E-state index contributed by atoms with van der Waals surface area (Å²) in [6, 6.07) is 44.7. The van der Waals surface area contributed by atoms with Gasteiger partial charge in [-0.1, -0.05) is 42.5 Å². The number of benzene rings is 5. The second-order valence-corrected chi connectivity index (χ2v) is 11.8. The van der Waals surface area contributed by atoms with Crippen LogP contribution in [0.4, 0.5) is 0 Å². The summed E-state index contributed by atoms with van der Waals surface area (Å²) in [5, 5.41) is 2.34. The van der Waals surface area contributed by atoms with E-state index < -0.39 is 0 Å². The van der Waals surface area contributed by atoms with Crippen LogP contribution in [0.25, 0.3) is 55.5 Å². The molecule has 3 heterocycles. The normalized spacial score (nSPS) is 11.6. The highest BCUT2D eigenvalue weighted by Crippen LogP contribution is 2.36. The van der Waals surface area contributed by atoms with Crippen molar-refractivity contribution in [1.82, 2.24) is 18.7 Å². The molecule has 8 rings (SSSR count). The maximum atomic E-state index is 6.56. The van der Waals surface area contributed by atoms with Crippen molar-refractivity contribution in [3.8, 4) is 34.1 Å². The van der Waals surface area contributed by atoms with Crippen LogP contribution in [0.3, 0.4) is 0 Å². The van der Waals surface area contributed by atoms with Crippen molar-refractivity contribution >= 4 is 32.8 Å². The first kappa shape index (κ1) is 26.9. The molecule has 45 heavy (non-hydrogen) atoms. The third-order valence-electron chi connectivity index (χ3n) is 8.62. The van der Waals surface area contributed by atoms with E-state index in [2.05, 4.69) is 162 Å². The van der Waals surface area contributed by atoms with E-state index >= 15 is 0 Å². The van der Waals surface area contributed by atoms with Crippen LogP contribution in [0.2, 0.25) is 0 Å². The fourth-order valence-corrected chi connectivity index (χ4v) is 6.45. The second kappa shape index (κ2) is 10.8. The number of aromatic nitrogens is 4. The number of nitrogens with zero attached hydrogens (tertiary/aromatic N) is 4. The summed E-state index contributed by atoms with van der Waals surface area (Å²) in [5.74, 6) is 2.43. The van der Waals surface area contributed by atoms with Crippen LogP contribution in [0, 0.1) is 6.92 Å². The Bertz CT molecular complexity index is 2360. The minimum Gasteiger partial charge on any atom is -0.456 e. The Morgan fingerprint density at radius 3 is 2.22 bits per heavy atom. The van der Waals surface area contributed by atoms with Crippen molar-refractivity contribution in [1.29, 1.82) is 0 Å². The van der Waals surface area contributed by atoms with Gasteiger partial charge in [-0.3, -0.25) is 4.57 Å². The molecule has 0 aliphatic rings. The fraction of sp³-hybridized carbons (Fsp3) is 0.100. The Kier molecular flexibility index (Phi) is 6.45. The third kappa shape index (κ3) is 4.64. The van der Waals surface area contributed by atoms with Crippen LogP contribution in [0.15, 0.2) is 140 Å². The van der Waals surface area contributed by atoms with E-state index in [1.165, 1.54) is 22.0 Å². The molecule has 0 aliphatic heterocycles. The number of ether oxygens (including phenoxy) is 1. The van der Waals surface area contributed by atoms with Gasteiger partial charge in [0.25, 0.3) is 0 Å². The molecule has 0 aliphatic carbocycles. The number of imidazole rings is 1. The second-order valence-electron chi connectivity index (χ2n) is 11.8. The Morgan fingerprint density at radius 1 is 0.644 bits per heavy atom. The third-order valence-corrected chi connectivity index (χ3v) is 8.62. The molecular weight excluding hydrogens is 552 g/mol. The maximum Gasteiger partial charge on any atom is 0.191 e. The van der Waals surface area contributed by atoms with Crippen LogP contribution in [-0.2, 0) is 0 Å². The fourth-order valence-electron chi connectivity index (χ4n) is 6.45. The molecule has 0 radical (unpaired) electrons.